The van der Waals surface area contributed by atoms with E-state index < -0.39 is 5.97 Å². The number of benzene rings is 1. The molecule has 1 amide bonds. The first-order valence-electron chi connectivity index (χ1n) is 7.99. The Bertz CT molecular complexity index is 752. The van der Waals surface area contributed by atoms with Gasteiger partial charge in [-0.3, -0.25) is 9.59 Å². The van der Waals surface area contributed by atoms with Crippen molar-refractivity contribution in [3.8, 4) is 5.69 Å². The summed E-state index contributed by atoms with van der Waals surface area (Å²) in [4.78, 5) is 25.3. The molecule has 128 valence electrons. The van der Waals surface area contributed by atoms with Gasteiger partial charge in [0.05, 0.1) is 23.1 Å². The quantitative estimate of drug-likeness (QED) is 0.884. The van der Waals surface area contributed by atoms with Crippen LogP contribution in [0.15, 0.2) is 30.5 Å². The minimum Gasteiger partial charge on any atom is -0.480 e. The third kappa shape index (κ3) is 3.64. The van der Waals surface area contributed by atoms with E-state index in [0.717, 1.165) is 11.3 Å². The third-order valence-corrected chi connectivity index (χ3v) is 4.18. The molecule has 0 fully saturated rings. The molecule has 2 rings (SSSR count). The molecule has 0 aliphatic rings. The van der Waals surface area contributed by atoms with Gasteiger partial charge in [-0.15, -0.1) is 0 Å². The van der Waals surface area contributed by atoms with Crippen molar-refractivity contribution < 1.29 is 14.7 Å². The summed E-state index contributed by atoms with van der Waals surface area (Å²) in [6, 6.07) is 7.67. The first kappa shape index (κ1) is 17.7. The molecule has 2 aromatic rings. The van der Waals surface area contributed by atoms with Gasteiger partial charge in [0.25, 0.3) is 5.91 Å². The number of carboxylic acids is 1. The van der Waals surface area contributed by atoms with Crippen LogP contribution in [-0.2, 0) is 4.79 Å². The van der Waals surface area contributed by atoms with Gasteiger partial charge in [0.1, 0.15) is 6.54 Å². The Morgan fingerprint density at radius 2 is 2.04 bits per heavy atom. The van der Waals surface area contributed by atoms with Crippen LogP contribution in [0.1, 0.15) is 41.9 Å². The molecule has 0 aliphatic carbocycles. The second kappa shape index (κ2) is 7.29. The Labute approximate surface area is 141 Å². The maximum absolute atomic E-state index is 12.8. The summed E-state index contributed by atoms with van der Waals surface area (Å²) < 4.78 is 1.70. The monoisotopic (exact) mass is 329 g/mol. The summed E-state index contributed by atoms with van der Waals surface area (Å²) in [6.45, 7) is 7.27. The van der Waals surface area contributed by atoms with Gasteiger partial charge in [0.2, 0.25) is 0 Å². The lowest BCUT2D eigenvalue weighted by molar-refractivity contribution is -0.138. The van der Waals surface area contributed by atoms with Crippen molar-refractivity contribution in [3.05, 3.63) is 47.3 Å². The number of nitrogens with zero attached hydrogens (tertiary/aromatic N) is 3. The summed E-state index contributed by atoms with van der Waals surface area (Å²) in [6.07, 6.45) is 2.20. The highest BCUT2D eigenvalue weighted by molar-refractivity contribution is 5.97. The van der Waals surface area contributed by atoms with Crippen molar-refractivity contribution >= 4 is 11.9 Å². The molecular formula is C18H23N3O3. The molecule has 6 nitrogen and oxygen atoms in total. The number of carboxylic acid groups (broad SMARTS) is 1. The van der Waals surface area contributed by atoms with Crippen LogP contribution in [0.2, 0.25) is 0 Å². The van der Waals surface area contributed by atoms with Crippen molar-refractivity contribution in [1.29, 1.82) is 0 Å². The van der Waals surface area contributed by atoms with E-state index in [4.69, 9.17) is 5.11 Å². The number of aromatic nitrogens is 2. The number of aliphatic carboxylic acids is 1. The Hall–Kier alpha value is -2.63. The lowest BCUT2D eigenvalue weighted by Gasteiger charge is -2.26. The van der Waals surface area contributed by atoms with Gasteiger partial charge < -0.3 is 10.0 Å². The average Bonchev–Trinajstić information content (AvgIpc) is 2.92. The number of carbonyl (C=O) groups is 2. The normalized spacial score (nSPS) is 12.0. The van der Waals surface area contributed by atoms with Gasteiger partial charge in [0.15, 0.2) is 0 Å². The van der Waals surface area contributed by atoms with Crippen molar-refractivity contribution in [2.24, 2.45) is 0 Å². The topological polar surface area (TPSA) is 75.4 Å². The summed E-state index contributed by atoms with van der Waals surface area (Å²) in [7, 11) is 0. The Balaban J connectivity index is 2.38. The number of rotatable bonds is 6. The molecule has 0 spiro atoms. The second-order valence-electron chi connectivity index (χ2n) is 5.98. The maximum Gasteiger partial charge on any atom is 0.323 e. The van der Waals surface area contributed by atoms with Crippen LogP contribution < -0.4 is 0 Å². The predicted molar refractivity (Wildman–Crippen MR) is 91.5 cm³/mol. The zero-order chi connectivity index (χ0) is 17.9. The van der Waals surface area contributed by atoms with E-state index in [-0.39, 0.29) is 18.5 Å². The van der Waals surface area contributed by atoms with Crippen molar-refractivity contribution in [2.45, 2.75) is 40.2 Å². The van der Waals surface area contributed by atoms with Gasteiger partial charge in [0, 0.05) is 6.04 Å². The molecule has 0 aliphatic heterocycles. The number of hydrogen-bond acceptors (Lipinski definition) is 3. The highest BCUT2D eigenvalue weighted by Crippen LogP contribution is 2.18. The minimum atomic E-state index is -1.02. The van der Waals surface area contributed by atoms with Crippen LogP contribution in [-0.4, -0.2) is 44.3 Å². The molecule has 0 saturated carbocycles. The van der Waals surface area contributed by atoms with Gasteiger partial charge in [-0.2, -0.15) is 5.10 Å². The molecule has 1 N–H and O–H groups in total. The average molecular weight is 329 g/mol. The predicted octanol–water partition coefficient (Wildman–Crippen LogP) is 2.81. The van der Waals surface area contributed by atoms with Crippen LogP contribution in [0.4, 0.5) is 0 Å². The molecule has 24 heavy (non-hydrogen) atoms. The number of aryl methyl sites for hydroxylation is 1. The van der Waals surface area contributed by atoms with E-state index in [1.165, 1.54) is 11.1 Å². The highest BCUT2D eigenvalue weighted by Gasteiger charge is 2.26. The smallest absolute Gasteiger partial charge is 0.323 e. The molecule has 1 unspecified atom stereocenters. The minimum absolute atomic E-state index is 0.157. The summed E-state index contributed by atoms with van der Waals surface area (Å²) >= 11 is 0. The van der Waals surface area contributed by atoms with Crippen LogP contribution in [0.3, 0.4) is 0 Å². The fourth-order valence-corrected chi connectivity index (χ4v) is 2.59. The SMILES string of the molecule is CCC(C)N(CC(=O)O)C(=O)c1cnn(-c2cccc(C)c2)c1C. The maximum atomic E-state index is 12.8. The molecule has 0 bridgehead atoms. The zero-order valence-corrected chi connectivity index (χ0v) is 14.5. The summed E-state index contributed by atoms with van der Waals surface area (Å²) in [5.74, 6) is -1.32. The second-order valence-corrected chi connectivity index (χ2v) is 5.98. The van der Waals surface area contributed by atoms with Gasteiger partial charge in [-0.1, -0.05) is 19.1 Å². The van der Waals surface area contributed by atoms with Gasteiger partial charge in [-0.05, 0) is 44.9 Å². The van der Waals surface area contributed by atoms with E-state index in [0.29, 0.717) is 17.7 Å². The summed E-state index contributed by atoms with van der Waals surface area (Å²) in [5.41, 5.74) is 3.10. The van der Waals surface area contributed by atoms with Crippen LogP contribution in [0.5, 0.6) is 0 Å². The van der Waals surface area contributed by atoms with Crippen LogP contribution in [0.25, 0.3) is 5.69 Å². The fourth-order valence-electron chi connectivity index (χ4n) is 2.59. The van der Waals surface area contributed by atoms with Crippen molar-refractivity contribution in [3.63, 3.8) is 0 Å². The number of amides is 1. The lowest BCUT2D eigenvalue weighted by Crippen LogP contribution is -2.42. The molecule has 1 aromatic carbocycles. The number of carbonyl (C=O) groups excluding carboxylic acids is 1. The molecule has 6 heteroatoms. The molecule has 0 saturated heterocycles. The van der Waals surface area contributed by atoms with Gasteiger partial charge >= 0.3 is 5.97 Å². The first-order chi connectivity index (χ1) is 11.3. The lowest BCUT2D eigenvalue weighted by atomic mass is 10.1. The third-order valence-electron chi connectivity index (χ3n) is 4.18. The molecule has 1 heterocycles. The van der Waals surface area contributed by atoms with Crippen molar-refractivity contribution in [1.82, 2.24) is 14.7 Å². The fraction of sp³-hybridized carbons (Fsp3) is 0.389. The molecule has 1 atom stereocenters. The largest absolute Gasteiger partial charge is 0.480 e. The Kier molecular flexibility index (Phi) is 5.39. The van der Waals surface area contributed by atoms with Crippen LogP contribution in [0, 0.1) is 13.8 Å². The first-order valence-corrected chi connectivity index (χ1v) is 7.99. The van der Waals surface area contributed by atoms with E-state index in [1.807, 2.05) is 52.0 Å². The van der Waals surface area contributed by atoms with Crippen LogP contribution >= 0.6 is 0 Å². The highest BCUT2D eigenvalue weighted by atomic mass is 16.4. The van der Waals surface area contributed by atoms with E-state index in [1.54, 1.807) is 4.68 Å². The molecule has 1 aromatic heterocycles. The van der Waals surface area contributed by atoms with E-state index >= 15 is 0 Å². The number of hydrogen-bond donors (Lipinski definition) is 1. The standard InChI is InChI=1S/C18H23N3O3/c1-5-13(3)20(11-17(22)23)18(24)16-10-19-21(14(16)4)15-8-6-7-12(2)9-15/h6-10,13H,5,11H2,1-4H3,(H,22,23). The molecular weight excluding hydrogens is 306 g/mol. The zero-order valence-electron chi connectivity index (χ0n) is 14.5. The van der Waals surface area contributed by atoms with Gasteiger partial charge in [-0.25, -0.2) is 4.68 Å². The van der Waals surface area contributed by atoms with E-state index in [9.17, 15) is 9.59 Å². The Morgan fingerprint density at radius 1 is 1.33 bits per heavy atom. The van der Waals surface area contributed by atoms with E-state index in [2.05, 4.69) is 5.10 Å². The Morgan fingerprint density at radius 3 is 2.62 bits per heavy atom. The van der Waals surface area contributed by atoms with Crippen molar-refractivity contribution in [2.75, 3.05) is 6.54 Å². The molecule has 0 radical (unpaired) electrons. The summed E-state index contributed by atoms with van der Waals surface area (Å²) in [5, 5.41) is 13.4.